The number of unbranched alkanes of at least 4 members (excludes halogenated alkanes) is 11. The summed E-state index contributed by atoms with van der Waals surface area (Å²) in [4.78, 5) is 12.8. The molecule has 62 heavy (non-hydrogen) atoms. The fraction of sp³-hybridized carbons (Fsp3) is 0.471. The van der Waals surface area contributed by atoms with E-state index in [1.54, 1.807) is 13.0 Å². The van der Waals surface area contributed by atoms with Crippen LogP contribution < -0.4 is 5.32 Å². The molecule has 1 aliphatic rings. The molecule has 1 rings (SSSR count). The fourth-order valence-corrected chi connectivity index (χ4v) is 6.23. The van der Waals surface area contributed by atoms with Gasteiger partial charge in [0.1, 0.15) is 6.10 Å². The first-order valence-corrected chi connectivity index (χ1v) is 21.0. The van der Waals surface area contributed by atoms with Gasteiger partial charge in [-0.3, -0.25) is 4.79 Å². The van der Waals surface area contributed by atoms with Gasteiger partial charge in [-0.2, -0.15) is 0 Å². The summed E-state index contributed by atoms with van der Waals surface area (Å²) in [6.45, 7) is 3.35. The van der Waals surface area contributed by atoms with E-state index in [4.69, 9.17) is 9.99 Å². The Morgan fingerprint density at radius 2 is 1.11 bits per heavy atom. The van der Waals surface area contributed by atoms with Crippen LogP contribution >= 0.6 is 12.0 Å². The minimum Gasteiger partial charge on any atom is -0.394 e. The van der Waals surface area contributed by atoms with Gasteiger partial charge in [0.25, 0.3) is 5.91 Å². The van der Waals surface area contributed by atoms with Gasteiger partial charge in [-0.25, -0.2) is 5.26 Å². The molecule has 11 heteroatoms. The maximum Gasteiger partial charge on any atom is 0.297 e. The molecule has 1 fully saturated rings. The Hall–Kier alpha value is -6.04. The van der Waals surface area contributed by atoms with Crippen molar-refractivity contribution in [3.05, 3.63) is 12.2 Å². The van der Waals surface area contributed by atoms with Crippen molar-refractivity contribution in [2.45, 2.75) is 146 Å². The highest BCUT2D eigenvalue weighted by Gasteiger charge is 2.45. The molecule has 0 aromatic rings. The number of ether oxygens (including phenoxy) is 1. The summed E-state index contributed by atoms with van der Waals surface area (Å²) in [5.74, 6) is 59.1. The molecule has 6 N–H and O–H groups in total. The lowest BCUT2D eigenvalue weighted by atomic mass is 9.92. The molecular weight excluding hydrogens is 803 g/mol. The van der Waals surface area contributed by atoms with Gasteiger partial charge in [0.15, 0.2) is 0 Å². The molecule has 1 heterocycles. The van der Waals surface area contributed by atoms with E-state index in [2.05, 4.69) is 164 Å². The van der Waals surface area contributed by atoms with Crippen LogP contribution in [0.4, 0.5) is 0 Å². The van der Waals surface area contributed by atoms with Gasteiger partial charge in [0, 0.05) is 53.5 Å². The molecule has 0 aliphatic carbocycles. The fourth-order valence-electron chi connectivity index (χ4n) is 5.53. The molecule has 1 saturated heterocycles. The summed E-state index contributed by atoms with van der Waals surface area (Å²) in [6, 6.07) is -0.846. The molecular formula is C51H51NO9S. The van der Waals surface area contributed by atoms with E-state index in [-0.39, 0.29) is 12.8 Å². The zero-order chi connectivity index (χ0) is 45.1. The quantitative estimate of drug-likeness (QED) is 0.0236. The Bertz CT molecular complexity index is 2220. The second-order valence-corrected chi connectivity index (χ2v) is 14.0. The van der Waals surface area contributed by atoms with E-state index in [9.17, 15) is 25.2 Å². The standard InChI is InChI=1S/C51H51NO9S/c1-3-5-7-9-11-13-15-17-18-19-20-21-22-23-24-25-26-28-30-32-34-36-38-40-48(55)52-44(41-42-46-49(56)51(62-61-60-58)50(57)47(43-53)59-46)45(54)39-37-35-33-31-29-27-16-14-12-10-8-6-4-2/h37,39,44-47,49-51,53-54,56-58H,4,6,8,10,12,14,16,27,29,31,33,35,41-43H2,1-2H3,(H,52,55)/b39-37+/t44-,45+,46?,47?,49?,50?,51?/m0/s1. The molecule has 1 amide bonds. The Labute approximate surface area is 372 Å². The third-order valence-corrected chi connectivity index (χ3v) is 9.48. The van der Waals surface area contributed by atoms with Crippen molar-refractivity contribution in [1.82, 2.24) is 5.32 Å². The molecule has 320 valence electrons. The summed E-state index contributed by atoms with van der Waals surface area (Å²) in [6.07, 6.45) is 12.2. The van der Waals surface area contributed by atoms with Gasteiger partial charge in [0.05, 0.1) is 42.3 Å². The summed E-state index contributed by atoms with van der Waals surface area (Å²) >= 11 is 0.471. The van der Waals surface area contributed by atoms with E-state index >= 15 is 0 Å². The molecule has 0 aromatic carbocycles. The first kappa shape index (κ1) is 54.0. The molecule has 0 radical (unpaired) electrons. The molecule has 0 spiro atoms. The normalized spacial score (nSPS) is 17.2. The number of allylic oxidation sites excluding steroid dienone is 1. The minimum absolute atomic E-state index is 0.0979. The highest BCUT2D eigenvalue weighted by molar-refractivity contribution is 7.95. The average molecular weight is 854 g/mol. The molecule has 0 bridgehead atoms. The van der Waals surface area contributed by atoms with Gasteiger partial charge >= 0.3 is 0 Å². The number of aliphatic hydroxyl groups excluding tert-OH is 4. The van der Waals surface area contributed by atoms with Crippen LogP contribution in [-0.2, 0) is 18.9 Å². The topological polar surface area (TPSA) is 158 Å². The lowest BCUT2D eigenvalue weighted by Crippen LogP contribution is -2.57. The number of nitrogens with one attached hydrogen (secondary N) is 1. The van der Waals surface area contributed by atoms with Gasteiger partial charge in [-0.1, -0.05) is 94.2 Å². The molecule has 1 aliphatic heterocycles. The summed E-state index contributed by atoms with van der Waals surface area (Å²) < 4.78 is 10.2. The van der Waals surface area contributed by atoms with Crippen molar-refractivity contribution in [3.8, 4) is 142 Å². The zero-order valence-corrected chi connectivity index (χ0v) is 35.9. The highest BCUT2D eigenvalue weighted by Crippen LogP contribution is 2.33. The smallest absolute Gasteiger partial charge is 0.297 e. The number of carbonyl (C=O) groups is 1. The lowest BCUT2D eigenvalue weighted by Gasteiger charge is -2.41. The Kier molecular flexibility index (Phi) is 34.1. The van der Waals surface area contributed by atoms with Crippen LogP contribution in [0.25, 0.3) is 0 Å². The van der Waals surface area contributed by atoms with Gasteiger partial charge < -0.3 is 30.5 Å². The lowest BCUT2D eigenvalue weighted by molar-refractivity contribution is -0.432. The van der Waals surface area contributed by atoms with Crippen LogP contribution in [0, 0.1) is 142 Å². The van der Waals surface area contributed by atoms with Crippen LogP contribution in [-0.4, -0.2) is 80.0 Å². The maximum atomic E-state index is 12.8. The molecule has 7 atom stereocenters. The summed E-state index contributed by atoms with van der Waals surface area (Å²) in [5, 5.41) is 56.1. The van der Waals surface area contributed by atoms with E-state index in [1.807, 2.05) is 6.08 Å². The number of carbonyl (C=O) groups excluding carboxylic acids is 1. The van der Waals surface area contributed by atoms with Gasteiger partial charge in [0.2, 0.25) is 0 Å². The second kappa shape index (κ2) is 39.1. The maximum absolute atomic E-state index is 12.8. The van der Waals surface area contributed by atoms with Crippen molar-refractivity contribution >= 4 is 17.9 Å². The number of rotatable bonds is 22. The first-order valence-electron chi connectivity index (χ1n) is 20.2. The average Bonchev–Trinajstić information content (AvgIpc) is 3.27. The van der Waals surface area contributed by atoms with Crippen molar-refractivity contribution in [2.75, 3.05) is 6.61 Å². The van der Waals surface area contributed by atoms with Crippen LogP contribution in [0.15, 0.2) is 12.2 Å². The predicted octanol–water partition coefficient (Wildman–Crippen LogP) is 3.85. The van der Waals surface area contributed by atoms with Crippen molar-refractivity contribution in [3.63, 3.8) is 0 Å². The molecule has 0 saturated carbocycles. The third-order valence-electron chi connectivity index (χ3n) is 8.56. The van der Waals surface area contributed by atoms with E-state index in [0.29, 0.717) is 12.0 Å². The molecule has 0 aromatic heterocycles. The zero-order valence-electron chi connectivity index (χ0n) is 35.1. The summed E-state index contributed by atoms with van der Waals surface area (Å²) in [7, 11) is 0. The Balaban J connectivity index is 2.80. The van der Waals surface area contributed by atoms with E-state index in [0.717, 1.165) is 25.7 Å². The largest absolute Gasteiger partial charge is 0.394 e. The summed E-state index contributed by atoms with van der Waals surface area (Å²) in [5.41, 5.74) is 0. The Morgan fingerprint density at radius 1 is 0.677 bits per heavy atom. The SMILES string of the molecule is CC#CC#CC#CC#CC#CC#CC#CC#CC#CC#CC#CC#CC(=O)N[C@@H](CCC1OC(CO)C(O)C(SOOO)C1O)[C@H](O)/C=C/CCCCCCCCCCCCC. The third kappa shape index (κ3) is 28.4. The van der Waals surface area contributed by atoms with E-state index in [1.165, 1.54) is 51.4 Å². The Morgan fingerprint density at radius 3 is 1.56 bits per heavy atom. The predicted molar refractivity (Wildman–Crippen MR) is 240 cm³/mol. The number of hydrogen-bond donors (Lipinski definition) is 6. The van der Waals surface area contributed by atoms with Gasteiger partial charge in [-0.15, -0.1) is 4.33 Å². The highest BCUT2D eigenvalue weighted by atomic mass is 32.2. The van der Waals surface area contributed by atoms with Crippen molar-refractivity contribution in [1.29, 1.82) is 0 Å². The van der Waals surface area contributed by atoms with Crippen LogP contribution in [0.1, 0.15) is 104 Å². The molecule has 5 unspecified atom stereocenters. The van der Waals surface area contributed by atoms with Gasteiger partial charge in [-0.05, 0) is 127 Å². The molecule has 10 nitrogen and oxygen atoms in total. The number of aliphatic hydroxyl groups is 4. The number of hydrogen-bond acceptors (Lipinski definition) is 10. The van der Waals surface area contributed by atoms with Crippen LogP contribution in [0.5, 0.6) is 0 Å². The first-order chi connectivity index (χ1) is 30.4. The van der Waals surface area contributed by atoms with Crippen LogP contribution in [0.2, 0.25) is 0 Å². The monoisotopic (exact) mass is 853 g/mol. The van der Waals surface area contributed by atoms with Crippen molar-refractivity contribution in [2.24, 2.45) is 0 Å². The minimum atomic E-state index is -1.34. The van der Waals surface area contributed by atoms with E-state index < -0.39 is 54.3 Å². The van der Waals surface area contributed by atoms with Crippen LogP contribution in [0.3, 0.4) is 0 Å². The van der Waals surface area contributed by atoms with Crippen molar-refractivity contribution < 1.29 is 44.6 Å². The second-order valence-electron chi connectivity index (χ2n) is 13.1. The number of amides is 1.